The molecule has 0 radical (unpaired) electrons. The molecule has 0 aromatic heterocycles. The molecule has 2 heterocycles. The van der Waals surface area contributed by atoms with Gasteiger partial charge in [0.05, 0.1) is 0 Å². The normalized spacial score (nSPS) is 41.3. The first kappa shape index (κ1) is 7.31. The molecule has 2 rings (SSSR count). The Bertz CT molecular complexity index is 117. The molecule has 2 aliphatic heterocycles. The van der Waals surface area contributed by atoms with Crippen LogP contribution in [0.3, 0.4) is 0 Å². The van der Waals surface area contributed by atoms with Gasteiger partial charge in [-0.1, -0.05) is 0 Å². The Morgan fingerprint density at radius 2 is 2.60 bits per heavy atom. The summed E-state index contributed by atoms with van der Waals surface area (Å²) in [6, 6.07) is 0. The molecule has 0 saturated carbocycles. The Labute approximate surface area is 73.0 Å². The Morgan fingerprint density at radius 1 is 1.70 bits per heavy atom. The van der Waals surface area contributed by atoms with E-state index < -0.39 is 0 Å². The molecule has 0 amide bonds. The van der Waals surface area contributed by atoms with Crippen LogP contribution in [0.4, 0.5) is 0 Å². The summed E-state index contributed by atoms with van der Waals surface area (Å²) >= 11 is 0.355. The van der Waals surface area contributed by atoms with Crippen molar-refractivity contribution in [1.82, 2.24) is 8.43 Å². The third-order valence-corrected chi connectivity index (χ3v) is 6.21. The van der Waals surface area contributed by atoms with Gasteiger partial charge in [0.2, 0.25) is 0 Å². The molecule has 60 valence electrons. The zero-order valence-electron chi connectivity index (χ0n) is 6.31. The van der Waals surface area contributed by atoms with Crippen LogP contribution in [0.15, 0.2) is 0 Å². The second-order valence-electron chi connectivity index (χ2n) is 2.96. The Kier molecular flexibility index (Phi) is 2.15. The summed E-state index contributed by atoms with van der Waals surface area (Å²) in [5.74, 6) is 1.02. The summed E-state index contributed by atoms with van der Waals surface area (Å²) in [5.41, 5.74) is 0. The average molecular weight is 253 g/mol. The molecule has 2 saturated heterocycles. The molecule has 0 aromatic rings. The molecule has 2 fully saturated rings. The Hall–Kier alpha value is 0.650. The van der Waals surface area contributed by atoms with E-state index >= 15 is 0 Å². The van der Waals surface area contributed by atoms with Gasteiger partial charge in [-0.05, 0) is 0 Å². The molecule has 2 aliphatic rings. The number of nitrogens with one attached hydrogen (secondary N) is 1. The monoisotopic (exact) mass is 253 g/mol. The second-order valence-corrected chi connectivity index (χ2v) is 6.23. The summed E-state index contributed by atoms with van der Waals surface area (Å²) in [5, 5.41) is 3.59. The van der Waals surface area contributed by atoms with Crippen molar-refractivity contribution in [2.24, 2.45) is 5.92 Å². The molecule has 0 aromatic carbocycles. The van der Waals surface area contributed by atoms with Crippen LogP contribution in [0.5, 0.6) is 0 Å². The van der Waals surface area contributed by atoms with Crippen molar-refractivity contribution in [3.05, 3.63) is 0 Å². The van der Waals surface area contributed by atoms with Crippen molar-refractivity contribution in [2.75, 3.05) is 19.6 Å². The van der Waals surface area contributed by atoms with Crippen LogP contribution in [0, 0.1) is 5.92 Å². The van der Waals surface area contributed by atoms with E-state index in [4.69, 9.17) is 0 Å². The summed E-state index contributed by atoms with van der Waals surface area (Å²) in [6.07, 6.45) is 1.43. The van der Waals surface area contributed by atoms with Crippen LogP contribution in [-0.4, -0.2) is 26.8 Å². The predicted octanol–water partition coefficient (Wildman–Crippen LogP) is -2.74. The van der Waals surface area contributed by atoms with Crippen LogP contribution in [0.2, 0.25) is 0 Å². The quantitative estimate of drug-likeness (QED) is 0.236. The fourth-order valence-electron chi connectivity index (χ4n) is 1.66. The topological polar surface area (TPSA) is 15.3 Å². The predicted molar refractivity (Wildman–Crippen MR) is 37.1 cm³/mol. The van der Waals surface area contributed by atoms with Crippen LogP contribution in [-0.2, 0) is 0 Å². The van der Waals surface area contributed by atoms with E-state index in [-0.39, 0.29) is 0 Å². The molecule has 0 aliphatic carbocycles. The van der Waals surface area contributed by atoms with Gasteiger partial charge in [-0.15, -0.1) is 0 Å². The third kappa shape index (κ3) is 1.19. The van der Waals surface area contributed by atoms with Gasteiger partial charge in [0.1, 0.15) is 0 Å². The third-order valence-electron chi connectivity index (χ3n) is 2.29. The molecule has 2 atom stereocenters. The van der Waals surface area contributed by atoms with Crippen LogP contribution < -0.4 is 26.8 Å². The minimum absolute atomic E-state index is 0.355. The van der Waals surface area contributed by atoms with Gasteiger partial charge < -0.3 is 0 Å². The molecule has 2 unspecified atom stereocenters. The summed E-state index contributed by atoms with van der Waals surface area (Å²) in [4.78, 5) is 0. The SMILES string of the molecule is CCN1CC2CCNC2[I-]1. The molecule has 3 heteroatoms. The molecule has 0 bridgehead atoms. The Morgan fingerprint density at radius 3 is 3.30 bits per heavy atom. The van der Waals surface area contributed by atoms with Crippen molar-refractivity contribution < 1.29 is 21.5 Å². The first-order valence-electron chi connectivity index (χ1n) is 4.02. The number of rotatable bonds is 1. The van der Waals surface area contributed by atoms with Gasteiger partial charge >= 0.3 is 72.9 Å². The van der Waals surface area contributed by atoms with E-state index in [9.17, 15) is 0 Å². The second kappa shape index (κ2) is 2.95. The summed E-state index contributed by atoms with van der Waals surface area (Å²) in [6.45, 7) is 6.23. The van der Waals surface area contributed by atoms with Crippen LogP contribution in [0.25, 0.3) is 0 Å². The first-order valence-corrected chi connectivity index (χ1v) is 6.23. The van der Waals surface area contributed by atoms with E-state index in [1.807, 2.05) is 0 Å². The van der Waals surface area contributed by atoms with Crippen molar-refractivity contribution in [1.29, 1.82) is 0 Å². The number of hydrogen-bond donors (Lipinski definition) is 1. The summed E-state index contributed by atoms with van der Waals surface area (Å²) < 4.78 is 3.60. The van der Waals surface area contributed by atoms with Crippen LogP contribution in [0.1, 0.15) is 13.3 Å². The summed E-state index contributed by atoms with van der Waals surface area (Å²) in [7, 11) is 0. The molecular formula is C7H14IN2-. The van der Waals surface area contributed by atoms with E-state index in [1.165, 1.54) is 26.1 Å². The van der Waals surface area contributed by atoms with Crippen LogP contribution >= 0.6 is 0 Å². The van der Waals surface area contributed by atoms with Gasteiger partial charge in [0.25, 0.3) is 0 Å². The molecule has 2 nitrogen and oxygen atoms in total. The van der Waals surface area contributed by atoms with Gasteiger partial charge in [-0.2, -0.15) is 0 Å². The van der Waals surface area contributed by atoms with Gasteiger partial charge in [0.15, 0.2) is 0 Å². The average Bonchev–Trinajstić information content (AvgIpc) is 2.42. The minimum atomic E-state index is 0.355. The fraction of sp³-hybridized carbons (Fsp3) is 1.00. The Balaban J connectivity index is 1.94. The molecule has 0 spiro atoms. The number of hydrogen-bond acceptors (Lipinski definition) is 2. The van der Waals surface area contributed by atoms with Gasteiger partial charge in [-0.25, -0.2) is 0 Å². The number of nitrogens with zero attached hydrogens (tertiary/aromatic N) is 1. The number of halogens is 1. The van der Waals surface area contributed by atoms with Crippen molar-refractivity contribution in [3.8, 4) is 0 Å². The number of fused-ring (bicyclic) bond motifs is 1. The fourth-order valence-corrected chi connectivity index (χ4v) is 5.18. The van der Waals surface area contributed by atoms with Crippen molar-refractivity contribution in [3.63, 3.8) is 0 Å². The van der Waals surface area contributed by atoms with E-state index in [0.29, 0.717) is 21.5 Å². The van der Waals surface area contributed by atoms with E-state index in [1.54, 1.807) is 0 Å². The maximum atomic E-state index is 3.59. The maximum absolute atomic E-state index is 3.59. The van der Waals surface area contributed by atoms with Crippen molar-refractivity contribution >= 4 is 0 Å². The van der Waals surface area contributed by atoms with Crippen molar-refractivity contribution in [2.45, 2.75) is 17.4 Å². The molecular weight excluding hydrogens is 239 g/mol. The van der Waals surface area contributed by atoms with E-state index in [0.717, 1.165) is 9.97 Å². The zero-order chi connectivity index (χ0) is 6.97. The zero-order valence-corrected chi connectivity index (χ0v) is 8.47. The number of alkyl halides is 1. The molecule has 10 heavy (non-hydrogen) atoms. The van der Waals surface area contributed by atoms with E-state index in [2.05, 4.69) is 15.4 Å². The first-order chi connectivity index (χ1) is 4.90. The standard InChI is InChI=1S/C7H14IN2/c1-2-10-5-6-3-4-9-7(6)8-10/h6-7,9H,2-5H2,1H3/q-1. The van der Waals surface area contributed by atoms with Gasteiger partial charge in [0, 0.05) is 0 Å². The molecule has 1 N–H and O–H groups in total. The van der Waals surface area contributed by atoms with Gasteiger partial charge in [-0.3, -0.25) is 0 Å².